The van der Waals surface area contributed by atoms with Gasteiger partial charge in [-0.1, -0.05) is 48.5 Å². The van der Waals surface area contributed by atoms with Gasteiger partial charge in [-0.25, -0.2) is 0 Å². The molecule has 0 saturated heterocycles. The first kappa shape index (κ1) is 11.4. The van der Waals surface area contributed by atoms with Gasteiger partial charge in [-0.15, -0.1) is 5.43 Å². The second-order valence-electron chi connectivity index (χ2n) is 4.30. The van der Waals surface area contributed by atoms with E-state index < -0.39 is 0 Å². The molecule has 0 aliphatic rings. The monoisotopic (exact) mass is 249 g/mol. The van der Waals surface area contributed by atoms with Crippen molar-refractivity contribution in [1.82, 2.24) is 0 Å². The molecule has 0 unspecified atom stereocenters. The number of para-hydroxylation sites is 1. The Morgan fingerprint density at radius 1 is 0.737 bits per heavy atom. The van der Waals surface area contributed by atoms with Gasteiger partial charge in [0.05, 0.1) is 4.91 Å². The molecule has 0 radical (unpaired) electrons. The summed E-state index contributed by atoms with van der Waals surface area (Å²) in [5.41, 5.74) is 4.18. The van der Waals surface area contributed by atoms with E-state index in [0.29, 0.717) is 5.69 Å². The first-order chi connectivity index (χ1) is 9.33. The van der Waals surface area contributed by atoms with E-state index >= 15 is 0 Å². The molecule has 0 aliphatic carbocycles. The van der Waals surface area contributed by atoms with Crippen molar-refractivity contribution in [2.75, 3.05) is 5.43 Å². The molecule has 0 atom stereocenters. The van der Waals surface area contributed by atoms with Crippen LogP contribution >= 0.6 is 0 Å². The minimum absolute atomic E-state index is 0.579. The summed E-state index contributed by atoms with van der Waals surface area (Å²) in [6, 6.07) is 23.0. The first-order valence-electron chi connectivity index (χ1n) is 6.11. The summed E-state index contributed by atoms with van der Waals surface area (Å²) in [6.45, 7) is 0. The molecular formula is C16H13N2O+. The Kier molecular flexibility index (Phi) is 2.94. The molecule has 3 heteroatoms. The zero-order valence-corrected chi connectivity index (χ0v) is 10.3. The summed E-state index contributed by atoms with van der Waals surface area (Å²) in [7, 11) is 0. The molecule has 19 heavy (non-hydrogen) atoms. The van der Waals surface area contributed by atoms with Crippen molar-refractivity contribution in [3.05, 3.63) is 77.7 Å². The number of hydrazine groups is 1. The normalized spacial score (nSPS) is 10.3. The Bertz CT molecular complexity index is 723. The van der Waals surface area contributed by atoms with Crippen LogP contribution in [-0.2, 0) is 0 Å². The third kappa shape index (κ3) is 2.45. The van der Waals surface area contributed by atoms with Gasteiger partial charge in [-0.3, -0.25) is 0 Å². The van der Waals surface area contributed by atoms with E-state index in [0.717, 1.165) is 21.3 Å². The van der Waals surface area contributed by atoms with Crippen molar-refractivity contribution in [1.29, 1.82) is 0 Å². The van der Waals surface area contributed by atoms with Gasteiger partial charge in [0.2, 0.25) is 0 Å². The average molecular weight is 249 g/mol. The van der Waals surface area contributed by atoms with Gasteiger partial charge < -0.3 is 0 Å². The highest BCUT2D eigenvalue weighted by molar-refractivity contribution is 5.85. The van der Waals surface area contributed by atoms with Crippen LogP contribution in [0.25, 0.3) is 10.8 Å². The van der Waals surface area contributed by atoms with Gasteiger partial charge in [-0.2, -0.15) is 0 Å². The van der Waals surface area contributed by atoms with Crippen molar-refractivity contribution in [3.8, 4) is 0 Å². The van der Waals surface area contributed by atoms with Gasteiger partial charge in [0, 0.05) is 12.1 Å². The maximum atomic E-state index is 12.0. The first-order valence-corrected chi connectivity index (χ1v) is 6.11. The van der Waals surface area contributed by atoms with Crippen LogP contribution in [0, 0.1) is 4.91 Å². The summed E-state index contributed by atoms with van der Waals surface area (Å²) in [6.07, 6.45) is 0. The largest absolute Gasteiger partial charge is 0.292 e. The maximum absolute atomic E-state index is 12.0. The predicted octanol–water partition coefficient (Wildman–Crippen LogP) is 4.28. The number of nitroso groups, excluding NO2 is 1. The Balaban J connectivity index is 1.87. The Labute approximate surface area is 111 Å². The van der Waals surface area contributed by atoms with Crippen LogP contribution in [0.2, 0.25) is 0 Å². The lowest BCUT2D eigenvalue weighted by Gasteiger charge is -2.00. The summed E-state index contributed by atoms with van der Waals surface area (Å²) >= 11 is 0. The fourth-order valence-electron chi connectivity index (χ4n) is 2.00. The van der Waals surface area contributed by atoms with E-state index in [9.17, 15) is 4.91 Å². The van der Waals surface area contributed by atoms with E-state index in [1.807, 2.05) is 60.7 Å². The van der Waals surface area contributed by atoms with Crippen LogP contribution in [0.1, 0.15) is 0 Å². The van der Waals surface area contributed by atoms with Gasteiger partial charge in [-0.05, 0) is 22.9 Å². The third-order valence-electron chi connectivity index (χ3n) is 2.97. The topological polar surface area (TPSA) is 32.1 Å². The number of fused-ring (bicyclic) bond motifs is 1. The van der Waals surface area contributed by atoms with Gasteiger partial charge in [0.1, 0.15) is 5.69 Å². The molecule has 0 aliphatic heterocycles. The molecule has 0 spiro atoms. The average Bonchev–Trinajstić information content (AvgIpc) is 2.48. The van der Waals surface area contributed by atoms with E-state index in [2.05, 4.69) is 5.43 Å². The molecule has 3 aromatic carbocycles. The number of hydrogen-bond acceptors (Lipinski definition) is 1. The molecule has 3 nitrogen and oxygen atoms in total. The molecule has 0 bridgehead atoms. The Morgan fingerprint density at radius 3 is 2.21 bits per heavy atom. The van der Waals surface area contributed by atoms with Gasteiger partial charge in [0.15, 0.2) is 4.87 Å². The molecule has 0 fully saturated rings. The zero-order chi connectivity index (χ0) is 13.1. The lowest BCUT2D eigenvalue weighted by atomic mass is 10.1. The number of nitrogens with one attached hydrogen (secondary N) is 1. The molecule has 0 amide bonds. The lowest BCUT2D eigenvalue weighted by molar-refractivity contribution is -0.427. The maximum Gasteiger partial charge on any atom is 0.292 e. The second kappa shape index (κ2) is 4.90. The molecule has 92 valence electrons. The lowest BCUT2D eigenvalue weighted by Crippen LogP contribution is -2.09. The van der Waals surface area contributed by atoms with E-state index in [1.165, 1.54) is 0 Å². The summed E-state index contributed by atoms with van der Waals surface area (Å²) in [5.74, 6) is 0. The highest BCUT2D eigenvalue weighted by atomic mass is 16.3. The minimum Gasteiger partial charge on any atom is -0.114 e. The Morgan fingerprint density at radius 2 is 1.42 bits per heavy atom. The van der Waals surface area contributed by atoms with Crippen LogP contribution in [-0.4, -0.2) is 4.87 Å². The number of benzene rings is 3. The number of hydrogen-bond donors (Lipinski definition) is 1. The van der Waals surface area contributed by atoms with Crippen LogP contribution in [0.4, 0.5) is 11.4 Å². The standard InChI is InChI=1S/C16H13N2O/c19-18(16-8-2-1-3-9-16)17-15-11-10-13-6-4-5-7-14(13)12-15/h1-12H,(H,17,19)/q+1. The molecule has 3 aromatic rings. The zero-order valence-electron chi connectivity index (χ0n) is 10.3. The minimum atomic E-state index is 0.579. The molecule has 3 rings (SSSR count). The SMILES string of the molecule is O=[N+](Nc1ccc2ccccc2c1)c1ccccc1. The fraction of sp³-hybridized carbons (Fsp3) is 0. The van der Waals surface area contributed by atoms with E-state index in [1.54, 1.807) is 12.1 Å². The highest BCUT2D eigenvalue weighted by Gasteiger charge is 2.12. The van der Waals surface area contributed by atoms with Crippen molar-refractivity contribution in [3.63, 3.8) is 0 Å². The van der Waals surface area contributed by atoms with Crippen molar-refractivity contribution in [2.45, 2.75) is 0 Å². The van der Waals surface area contributed by atoms with Crippen LogP contribution in [0.3, 0.4) is 0 Å². The van der Waals surface area contributed by atoms with Crippen LogP contribution in [0.5, 0.6) is 0 Å². The molecule has 1 N–H and O–H groups in total. The van der Waals surface area contributed by atoms with E-state index in [-0.39, 0.29) is 0 Å². The molecule has 0 heterocycles. The smallest absolute Gasteiger partial charge is 0.114 e. The number of rotatable bonds is 3. The Hall–Kier alpha value is -2.68. The van der Waals surface area contributed by atoms with Gasteiger partial charge >= 0.3 is 0 Å². The molecular weight excluding hydrogens is 236 g/mol. The van der Waals surface area contributed by atoms with Crippen molar-refractivity contribution >= 4 is 22.1 Å². The predicted molar refractivity (Wildman–Crippen MR) is 77.3 cm³/mol. The fourth-order valence-corrected chi connectivity index (χ4v) is 2.00. The summed E-state index contributed by atoms with van der Waals surface area (Å²) < 4.78 is 0. The highest BCUT2D eigenvalue weighted by Crippen LogP contribution is 2.20. The summed E-state index contributed by atoms with van der Waals surface area (Å²) in [5, 5.41) is 2.26. The van der Waals surface area contributed by atoms with Gasteiger partial charge in [0.25, 0.3) is 5.69 Å². The van der Waals surface area contributed by atoms with Crippen LogP contribution < -0.4 is 5.43 Å². The van der Waals surface area contributed by atoms with E-state index in [4.69, 9.17) is 0 Å². The number of nitrogens with zero attached hydrogens (tertiary/aromatic N) is 1. The number of anilines is 1. The van der Waals surface area contributed by atoms with Crippen molar-refractivity contribution in [2.24, 2.45) is 0 Å². The quantitative estimate of drug-likeness (QED) is 0.555. The third-order valence-corrected chi connectivity index (χ3v) is 2.97. The van der Waals surface area contributed by atoms with Crippen LogP contribution in [0.15, 0.2) is 72.8 Å². The molecule has 0 saturated carbocycles. The molecule has 0 aromatic heterocycles. The summed E-state index contributed by atoms with van der Waals surface area (Å²) in [4.78, 5) is 12.7. The van der Waals surface area contributed by atoms with Crippen molar-refractivity contribution < 1.29 is 4.87 Å². The second-order valence-corrected chi connectivity index (χ2v) is 4.30.